The molecule has 4 amide bonds. The lowest BCUT2D eigenvalue weighted by Gasteiger charge is -2.27. The summed E-state index contributed by atoms with van der Waals surface area (Å²) in [6, 6.07) is 6.68. The maximum Gasteiger partial charge on any atom is 0.332 e. The first-order valence-corrected chi connectivity index (χ1v) is 12.1. The van der Waals surface area contributed by atoms with Gasteiger partial charge in [0.1, 0.15) is 5.54 Å². The van der Waals surface area contributed by atoms with E-state index in [1.54, 1.807) is 36.9 Å². The van der Waals surface area contributed by atoms with Gasteiger partial charge in [0.15, 0.2) is 0 Å². The van der Waals surface area contributed by atoms with Crippen molar-refractivity contribution < 1.29 is 14.4 Å². The molecule has 0 atom stereocenters. The van der Waals surface area contributed by atoms with Crippen LogP contribution >= 0.6 is 0 Å². The molecular formula is C26H35N7O3. The first-order valence-electron chi connectivity index (χ1n) is 12.1. The lowest BCUT2D eigenvalue weighted by Crippen LogP contribution is -2.45. The molecule has 0 unspecified atom stereocenters. The topological polar surface area (TPSA) is 125 Å². The van der Waals surface area contributed by atoms with Crippen molar-refractivity contribution in [1.29, 1.82) is 0 Å². The maximum absolute atomic E-state index is 13.5. The maximum atomic E-state index is 13.5. The second-order valence-electron chi connectivity index (χ2n) is 11.6. The van der Waals surface area contributed by atoms with Gasteiger partial charge in [-0.25, -0.2) is 19.7 Å². The molecule has 4 rings (SSSR count). The van der Waals surface area contributed by atoms with Gasteiger partial charge in [-0.05, 0) is 58.4 Å². The lowest BCUT2D eigenvalue weighted by molar-refractivity contribution is -0.123. The molecule has 0 bridgehead atoms. The van der Waals surface area contributed by atoms with Gasteiger partial charge in [-0.2, -0.15) is 0 Å². The van der Waals surface area contributed by atoms with Gasteiger partial charge < -0.3 is 20.9 Å². The molecule has 1 aromatic carbocycles. The number of nitrogens with two attached hydrogens (primary N) is 1. The summed E-state index contributed by atoms with van der Waals surface area (Å²) in [5, 5.41) is 3.25. The fourth-order valence-electron chi connectivity index (χ4n) is 4.67. The van der Waals surface area contributed by atoms with Crippen LogP contribution in [0.1, 0.15) is 59.7 Å². The average Bonchev–Trinajstić information content (AvgIpc) is 3.13. The largest absolute Gasteiger partial charge is 0.368 e. The van der Waals surface area contributed by atoms with Gasteiger partial charge in [0.25, 0.3) is 5.91 Å². The molecule has 192 valence electrons. The van der Waals surface area contributed by atoms with E-state index in [1.807, 2.05) is 26.8 Å². The Labute approximate surface area is 211 Å². The SMILES string of the molecule is CC(C)(C)NCC(=O)N1CC(C)(C)c2ccc(N3C(=O)N(Cc4ccnc(N)n4)C(C)(C)C3=O)cc21. The molecule has 0 spiro atoms. The van der Waals surface area contributed by atoms with Crippen molar-refractivity contribution in [2.45, 2.75) is 71.5 Å². The lowest BCUT2D eigenvalue weighted by atomic mass is 9.87. The highest BCUT2D eigenvalue weighted by atomic mass is 16.2. The van der Waals surface area contributed by atoms with Gasteiger partial charge in [0, 0.05) is 29.4 Å². The number of hydrogen-bond donors (Lipinski definition) is 2. The highest BCUT2D eigenvalue weighted by Crippen LogP contribution is 2.44. The predicted molar refractivity (Wildman–Crippen MR) is 139 cm³/mol. The number of imide groups is 1. The summed E-state index contributed by atoms with van der Waals surface area (Å²) in [6.07, 6.45) is 1.52. The van der Waals surface area contributed by atoms with Crippen LogP contribution in [-0.4, -0.2) is 56.9 Å². The van der Waals surface area contributed by atoms with E-state index in [0.717, 1.165) is 11.3 Å². The van der Waals surface area contributed by atoms with E-state index in [1.165, 1.54) is 16.0 Å². The molecular weight excluding hydrogens is 458 g/mol. The van der Waals surface area contributed by atoms with E-state index < -0.39 is 11.6 Å². The van der Waals surface area contributed by atoms with Crippen LogP contribution in [0.3, 0.4) is 0 Å². The molecule has 0 aliphatic carbocycles. The number of carbonyl (C=O) groups excluding carboxylic acids is 3. The molecule has 10 nitrogen and oxygen atoms in total. The fraction of sp³-hybridized carbons (Fsp3) is 0.500. The molecule has 36 heavy (non-hydrogen) atoms. The molecule has 10 heteroatoms. The molecule has 2 aromatic rings. The summed E-state index contributed by atoms with van der Waals surface area (Å²) < 4.78 is 0. The Balaban J connectivity index is 1.67. The Bertz CT molecular complexity index is 1230. The number of fused-ring (bicyclic) bond motifs is 1. The summed E-state index contributed by atoms with van der Waals surface area (Å²) >= 11 is 0. The second kappa shape index (κ2) is 8.55. The van der Waals surface area contributed by atoms with Gasteiger partial charge >= 0.3 is 6.03 Å². The van der Waals surface area contributed by atoms with E-state index in [9.17, 15) is 14.4 Å². The number of nitrogen functional groups attached to an aromatic ring is 1. The summed E-state index contributed by atoms with van der Waals surface area (Å²) in [6.45, 7) is 14.4. The summed E-state index contributed by atoms with van der Waals surface area (Å²) in [4.78, 5) is 52.7. The van der Waals surface area contributed by atoms with Crippen LogP contribution in [-0.2, 0) is 21.5 Å². The third kappa shape index (κ3) is 4.53. The highest BCUT2D eigenvalue weighted by molar-refractivity contribution is 6.23. The van der Waals surface area contributed by atoms with Crippen LogP contribution in [0.25, 0.3) is 0 Å². The third-order valence-corrected chi connectivity index (χ3v) is 6.76. The number of urea groups is 1. The number of hydrogen-bond acceptors (Lipinski definition) is 7. The first-order chi connectivity index (χ1) is 16.6. The van der Waals surface area contributed by atoms with Crippen molar-refractivity contribution in [3.05, 3.63) is 41.7 Å². The number of nitrogens with zero attached hydrogens (tertiary/aromatic N) is 5. The number of nitrogens with one attached hydrogen (secondary N) is 1. The van der Waals surface area contributed by atoms with Crippen LogP contribution in [0.15, 0.2) is 30.5 Å². The number of carbonyl (C=O) groups is 3. The molecule has 3 heterocycles. The van der Waals surface area contributed by atoms with Crippen molar-refractivity contribution in [1.82, 2.24) is 20.2 Å². The Morgan fingerprint density at radius 3 is 2.47 bits per heavy atom. The van der Waals surface area contributed by atoms with Crippen molar-refractivity contribution in [2.75, 3.05) is 28.6 Å². The fourth-order valence-corrected chi connectivity index (χ4v) is 4.67. The number of benzene rings is 1. The number of anilines is 3. The van der Waals surface area contributed by atoms with Gasteiger partial charge in [-0.1, -0.05) is 19.9 Å². The third-order valence-electron chi connectivity index (χ3n) is 6.76. The molecule has 2 aliphatic rings. The van der Waals surface area contributed by atoms with Crippen LogP contribution < -0.4 is 20.9 Å². The van der Waals surface area contributed by atoms with Gasteiger partial charge in [-0.15, -0.1) is 0 Å². The van der Waals surface area contributed by atoms with E-state index in [-0.39, 0.29) is 41.8 Å². The van der Waals surface area contributed by atoms with Crippen LogP contribution in [0.5, 0.6) is 0 Å². The van der Waals surface area contributed by atoms with Crippen molar-refractivity contribution in [3.63, 3.8) is 0 Å². The van der Waals surface area contributed by atoms with E-state index in [2.05, 4.69) is 29.1 Å². The van der Waals surface area contributed by atoms with Crippen molar-refractivity contribution in [3.8, 4) is 0 Å². The Morgan fingerprint density at radius 1 is 1.14 bits per heavy atom. The molecule has 0 radical (unpaired) electrons. The van der Waals surface area contributed by atoms with Crippen LogP contribution in [0, 0.1) is 0 Å². The number of amides is 4. The Kier molecular flexibility index (Phi) is 6.07. The molecule has 3 N–H and O–H groups in total. The Morgan fingerprint density at radius 2 is 1.83 bits per heavy atom. The zero-order chi connectivity index (χ0) is 26.6. The van der Waals surface area contributed by atoms with Crippen molar-refractivity contribution in [2.24, 2.45) is 0 Å². The summed E-state index contributed by atoms with van der Waals surface area (Å²) in [7, 11) is 0. The second-order valence-corrected chi connectivity index (χ2v) is 11.6. The van der Waals surface area contributed by atoms with Crippen molar-refractivity contribution >= 4 is 35.2 Å². The Hall–Kier alpha value is -3.53. The van der Waals surface area contributed by atoms with Crippen LogP contribution in [0.4, 0.5) is 22.1 Å². The smallest absolute Gasteiger partial charge is 0.332 e. The first kappa shape index (κ1) is 25.6. The van der Waals surface area contributed by atoms with E-state index >= 15 is 0 Å². The summed E-state index contributed by atoms with van der Waals surface area (Å²) in [5.74, 6) is -0.303. The van der Waals surface area contributed by atoms with Crippen LogP contribution in [0.2, 0.25) is 0 Å². The molecule has 2 aliphatic heterocycles. The number of rotatable bonds is 5. The highest BCUT2D eigenvalue weighted by Gasteiger charge is 2.52. The predicted octanol–water partition coefficient (Wildman–Crippen LogP) is 2.82. The normalized spacial score (nSPS) is 18.7. The zero-order valence-corrected chi connectivity index (χ0v) is 22.0. The monoisotopic (exact) mass is 493 g/mol. The molecule has 1 fully saturated rings. The van der Waals surface area contributed by atoms with E-state index in [4.69, 9.17) is 5.73 Å². The minimum atomic E-state index is -1.10. The zero-order valence-electron chi connectivity index (χ0n) is 22.0. The van der Waals surface area contributed by atoms with Gasteiger partial charge in [0.2, 0.25) is 11.9 Å². The quantitative estimate of drug-likeness (QED) is 0.614. The molecule has 1 aromatic heterocycles. The van der Waals surface area contributed by atoms with Gasteiger partial charge in [-0.3, -0.25) is 9.59 Å². The minimum Gasteiger partial charge on any atom is -0.368 e. The standard InChI is InChI=1S/C26H35N7O3/c1-24(2,3)29-13-20(34)31-15-25(4,5)18-9-8-17(12-19(18)31)33-21(35)26(6,7)32(23(33)36)14-16-10-11-28-22(27)30-16/h8-12,29H,13-15H2,1-7H3,(H2,27,28,30). The average molecular weight is 494 g/mol. The molecule has 0 saturated carbocycles. The minimum absolute atomic E-state index is 0.0590. The molecule has 1 saturated heterocycles. The summed E-state index contributed by atoms with van der Waals surface area (Å²) in [5.41, 5.74) is 6.83. The van der Waals surface area contributed by atoms with Gasteiger partial charge in [0.05, 0.1) is 24.5 Å². The number of aromatic nitrogens is 2. The van der Waals surface area contributed by atoms with E-state index in [0.29, 0.717) is 17.9 Å².